The van der Waals surface area contributed by atoms with E-state index in [4.69, 9.17) is 14.5 Å². The van der Waals surface area contributed by atoms with Crippen molar-refractivity contribution in [3.63, 3.8) is 0 Å². The van der Waals surface area contributed by atoms with Gasteiger partial charge in [0.15, 0.2) is 17.5 Å². The Bertz CT molecular complexity index is 838. The molecule has 3 rings (SSSR count). The molecule has 170 valence electrons. The van der Waals surface area contributed by atoms with Crippen molar-refractivity contribution in [2.75, 3.05) is 39.2 Å². The molecule has 2 aromatic carbocycles. The Hall–Kier alpha value is -2.00. The van der Waals surface area contributed by atoms with Crippen LogP contribution in [0.2, 0.25) is 0 Å². The number of ether oxygens (including phenoxy) is 2. The minimum Gasteiger partial charge on any atom is -0.493 e. The Balaban J connectivity index is 0.00000341. The first-order chi connectivity index (χ1) is 14.7. The van der Waals surface area contributed by atoms with Gasteiger partial charge in [-0.25, -0.2) is 4.99 Å². The van der Waals surface area contributed by atoms with Gasteiger partial charge in [0.1, 0.15) is 0 Å². The van der Waals surface area contributed by atoms with Crippen LogP contribution in [-0.2, 0) is 13.1 Å². The highest BCUT2D eigenvalue weighted by atomic mass is 127. The number of piperidine rings is 1. The average Bonchev–Trinajstić information content (AvgIpc) is 2.79. The smallest absolute Gasteiger partial charge is 0.196 e. The lowest BCUT2D eigenvalue weighted by molar-refractivity contribution is 0.220. The minimum atomic E-state index is 0. The zero-order valence-electron chi connectivity index (χ0n) is 18.8. The number of guanidine groups is 1. The van der Waals surface area contributed by atoms with E-state index in [1.165, 1.54) is 43.5 Å². The van der Waals surface area contributed by atoms with Crippen LogP contribution in [0.3, 0.4) is 0 Å². The van der Waals surface area contributed by atoms with Crippen LogP contribution in [-0.4, -0.2) is 44.7 Å². The predicted molar refractivity (Wildman–Crippen MR) is 139 cm³/mol. The molecule has 2 N–H and O–H groups in total. The normalized spacial score (nSPS) is 14.5. The molecule has 0 aliphatic carbocycles. The number of methoxy groups -OCH3 is 2. The van der Waals surface area contributed by atoms with Gasteiger partial charge in [-0.2, -0.15) is 0 Å². The SMILES string of the molecule is CCNC(=NCc1ccccc1CN1CCCCC1)Nc1ccc(OC)c(OC)c1.I. The molecular formula is C24H35IN4O2. The summed E-state index contributed by atoms with van der Waals surface area (Å²) in [7, 11) is 3.28. The molecule has 31 heavy (non-hydrogen) atoms. The summed E-state index contributed by atoms with van der Waals surface area (Å²) in [4.78, 5) is 7.39. The maximum absolute atomic E-state index is 5.41. The molecule has 0 saturated carbocycles. The Morgan fingerprint density at radius 3 is 2.35 bits per heavy atom. The molecule has 0 aromatic heterocycles. The van der Waals surface area contributed by atoms with Crippen molar-refractivity contribution in [3.05, 3.63) is 53.6 Å². The minimum absolute atomic E-state index is 0. The van der Waals surface area contributed by atoms with Crippen molar-refractivity contribution >= 4 is 35.6 Å². The molecule has 0 amide bonds. The number of aliphatic imine (C=N–C) groups is 1. The second-order valence-electron chi connectivity index (χ2n) is 7.50. The van der Waals surface area contributed by atoms with E-state index in [1.807, 2.05) is 18.2 Å². The van der Waals surface area contributed by atoms with E-state index in [9.17, 15) is 0 Å². The maximum Gasteiger partial charge on any atom is 0.196 e. The van der Waals surface area contributed by atoms with Gasteiger partial charge in [-0.15, -0.1) is 24.0 Å². The largest absolute Gasteiger partial charge is 0.493 e. The molecule has 0 unspecified atom stereocenters. The number of rotatable bonds is 8. The van der Waals surface area contributed by atoms with Crippen molar-refractivity contribution in [3.8, 4) is 11.5 Å². The lowest BCUT2D eigenvalue weighted by Crippen LogP contribution is -2.31. The predicted octanol–water partition coefficient (Wildman–Crippen LogP) is 4.89. The summed E-state index contributed by atoms with van der Waals surface area (Å²) in [5.74, 6) is 2.14. The van der Waals surface area contributed by atoms with Gasteiger partial charge in [0.05, 0.1) is 20.8 Å². The molecule has 1 saturated heterocycles. The van der Waals surface area contributed by atoms with Crippen molar-refractivity contribution in [2.45, 2.75) is 39.3 Å². The Morgan fingerprint density at radius 1 is 0.968 bits per heavy atom. The number of anilines is 1. The summed E-state index contributed by atoms with van der Waals surface area (Å²) < 4.78 is 10.7. The van der Waals surface area contributed by atoms with Crippen molar-refractivity contribution in [2.24, 2.45) is 4.99 Å². The first kappa shape index (κ1) is 25.3. The zero-order valence-corrected chi connectivity index (χ0v) is 21.1. The highest BCUT2D eigenvalue weighted by molar-refractivity contribution is 14.0. The summed E-state index contributed by atoms with van der Waals surface area (Å²) in [5.41, 5.74) is 3.53. The number of nitrogens with zero attached hydrogens (tertiary/aromatic N) is 2. The Kier molecular flexibility index (Phi) is 10.9. The lowest BCUT2D eigenvalue weighted by atomic mass is 10.1. The first-order valence-electron chi connectivity index (χ1n) is 10.8. The molecule has 0 spiro atoms. The maximum atomic E-state index is 5.41. The molecule has 0 bridgehead atoms. The summed E-state index contributed by atoms with van der Waals surface area (Å²) in [6, 6.07) is 14.4. The van der Waals surface area contributed by atoms with Crippen molar-refractivity contribution < 1.29 is 9.47 Å². The zero-order chi connectivity index (χ0) is 21.2. The molecule has 7 heteroatoms. The highest BCUT2D eigenvalue weighted by Gasteiger charge is 2.12. The standard InChI is InChI=1S/C24H34N4O2.HI/c1-4-25-24(27-21-12-13-22(29-2)23(16-21)30-3)26-17-19-10-6-7-11-20(19)18-28-14-8-5-9-15-28;/h6-7,10-13,16H,4-5,8-9,14-15,17-18H2,1-3H3,(H2,25,26,27);1H. The molecule has 1 heterocycles. The first-order valence-corrected chi connectivity index (χ1v) is 10.8. The quantitative estimate of drug-likeness (QED) is 0.285. The third-order valence-corrected chi connectivity index (χ3v) is 5.36. The second-order valence-corrected chi connectivity index (χ2v) is 7.50. The number of hydrogen-bond acceptors (Lipinski definition) is 4. The van der Waals surface area contributed by atoms with Crippen LogP contribution < -0.4 is 20.1 Å². The summed E-state index contributed by atoms with van der Waals surface area (Å²) in [5, 5.41) is 6.69. The van der Waals surface area contributed by atoms with Gasteiger partial charge < -0.3 is 20.1 Å². The van der Waals surface area contributed by atoms with Crippen molar-refractivity contribution in [1.29, 1.82) is 0 Å². The summed E-state index contributed by atoms with van der Waals surface area (Å²) in [6.45, 7) is 6.88. The van der Waals surface area contributed by atoms with Crippen molar-refractivity contribution in [1.82, 2.24) is 10.2 Å². The topological polar surface area (TPSA) is 58.1 Å². The van der Waals surface area contributed by atoms with Crippen LogP contribution in [0.15, 0.2) is 47.5 Å². The average molecular weight is 538 g/mol. The Labute approximate surface area is 203 Å². The molecule has 2 aromatic rings. The van der Waals surface area contributed by atoms with Crippen LogP contribution in [0.1, 0.15) is 37.3 Å². The molecule has 6 nitrogen and oxygen atoms in total. The summed E-state index contributed by atoms with van der Waals surface area (Å²) >= 11 is 0. The van der Waals surface area contributed by atoms with Gasteiger partial charge in [-0.3, -0.25) is 4.90 Å². The van der Waals surface area contributed by atoms with Crippen LogP contribution in [0.5, 0.6) is 11.5 Å². The fourth-order valence-electron chi connectivity index (χ4n) is 3.75. The van der Waals surface area contributed by atoms with Crippen LogP contribution in [0.4, 0.5) is 5.69 Å². The Morgan fingerprint density at radius 2 is 1.68 bits per heavy atom. The summed E-state index contributed by atoms with van der Waals surface area (Å²) in [6.07, 6.45) is 3.97. The highest BCUT2D eigenvalue weighted by Crippen LogP contribution is 2.29. The van der Waals surface area contributed by atoms with E-state index in [0.29, 0.717) is 18.0 Å². The van der Waals surface area contributed by atoms with Gasteiger partial charge in [-0.1, -0.05) is 30.7 Å². The van der Waals surface area contributed by atoms with E-state index in [1.54, 1.807) is 14.2 Å². The fourth-order valence-corrected chi connectivity index (χ4v) is 3.75. The molecule has 0 radical (unpaired) electrons. The van der Waals surface area contributed by atoms with Crippen LogP contribution >= 0.6 is 24.0 Å². The van der Waals surface area contributed by atoms with E-state index >= 15 is 0 Å². The third kappa shape index (κ3) is 7.57. The van der Waals surface area contributed by atoms with E-state index in [-0.39, 0.29) is 24.0 Å². The van der Waals surface area contributed by atoms with Gasteiger partial charge >= 0.3 is 0 Å². The number of hydrogen-bond donors (Lipinski definition) is 2. The fraction of sp³-hybridized carbons (Fsp3) is 0.458. The molecule has 1 fully saturated rings. The number of halogens is 1. The van der Waals surface area contributed by atoms with E-state index in [0.717, 1.165) is 24.7 Å². The lowest BCUT2D eigenvalue weighted by Gasteiger charge is -2.27. The number of likely N-dealkylation sites (tertiary alicyclic amines) is 1. The van der Waals surface area contributed by atoms with E-state index in [2.05, 4.69) is 46.7 Å². The van der Waals surface area contributed by atoms with Crippen LogP contribution in [0, 0.1) is 0 Å². The number of benzene rings is 2. The molecular weight excluding hydrogens is 503 g/mol. The molecule has 1 aliphatic rings. The second kappa shape index (κ2) is 13.4. The van der Waals surface area contributed by atoms with Gasteiger partial charge in [-0.05, 0) is 56.1 Å². The molecule has 0 atom stereocenters. The third-order valence-electron chi connectivity index (χ3n) is 5.36. The molecule has 1 aliphatic heterocycles. The number of nitrogens with one attached hydrogen (secondary N) is 2. The van der Waals surface area contributed by atoms with Crippen LogP contribution in [0.25, 0.3) is 0 Å². The monoisotopic (exact) mass is 538 g/mol. The van der Waals surface area contributed by atoms with Gasteiger partial charge in [0, 0.05) is 24.8 Å². The van der Waals surface area contributed by atoms with E-state index < -0.39 is 0 Å². The van der Waals surface area contributed by atoms with Gasteiger partial charge in [0.2, 0.25) is 0 Å². The van der Waals surface area contributed by atoms with Gasteiger partial charge in [0.25, 0.3) is 0 Å².